The van der Waals surface area contributed by atoms with E-state index in [1.165, 1.54) is 76.5 Å². The van der Waals surface area contributed by atoms with E-state index in [4.69, 9.17) is 0 Å². The van der Waals surface area contributed by atoms with Crippen molar-refractivity contribution in [2.24, 2.45) is 0 Å². The molecule has 0 unspecified atom stereocenters. The van der Waals surface area contributed by atoms with Gasteiger partial charge in [-0.05, 0) is 113 Å². The molecule has 0 atom stereocenters. The van der Waals surface area contributed by atoms with Crippen LogP contribution in [0.25, 0.3) is 76.5 Å². The smallest absolute Gasteiger partial charge is 0.0390 e. The first-order chi connectivity index (χ1) is 23.3. The number of anilines is 2. The van der Waals surface area contributed by atoms with Crippen molar-refractivity contribution in [3.63, 3.8) is 0 Å². The summed E-state index contributed by atoms with van der Waals surface area (Å²) in [6.07, 6.45) is 0. The summed E-state index contributed by atoms with van der Waals surface area (Å²) in [5.41, 5.74) is 9.47. The van der Waals surface area contributed by atoms with Gasteiger partial charge in [0.25, 0.3) is 0 Å². The van der Waals surface area contributed by atoms with Gasteiger partial charge in [0.05, 0.1) is 0 Å². The van der Waals surface area contributed by atoms with Crippen LogP contribution in [-0.2, 0) is 0 Å². The van der Waals surface area contributed by atoms with E-state index in [1.54, 1.807) is 0 Å². The minimum absolute atomic E-state index is 1.06. The second-order valence-corrected chi connectivity index (χ2v) is 12.2. The van der Waals surface area contributed by atoms with Gasteiger partial charge in [0.1, 0.15) is 0 Å². The molecule has 9 rings (SSSR count). The van der Waals surface area contributed by atoms with Crippen molar-refractivity contribution in [2.75, 3.05) is 5.32 Å². The highest BCUT2D eigenvalue weighted by Crippen LogP contribution is 2.37. The summed E-state index contributed by atoms with van der Waals surface area (Å²) < 4.78 is 0. The molecule has 0 spiro atoms. The molecule has 0 radical (unpaired) electrons. The van der Waals surface area contributed by atoms with Crippen molar-refractivity contribution < 1.29 is 0 Å². The van der Waals surface area contributed by atoms with E-state index in [1.807, 2.05) is 0 Å². The lowest BCUT2D eigenvalue weighted by atomic mass is 9.92. The second-order valence-electron chi connectivity index (χ2n) is 12.2. The Hall–Kier alpha value is -6.18. The van der Waals surface area contributed by atoms with E-state index >= 15 is 0 Å². The van der Waals surface area contributed by atoms with Crippen LogP contribution in [0.15, 0.2) is 182 Å². The van der Waals surface area contributed by atoms with E-state index in [0.717, 1.165) is 11.4 Å². The molecule has 0 fully saturated rings. The normalized spacial score (nSPS) is 11.4. The SMILES string of the molecule is c1cc(Nc2ccc(-c3cc4ccccc4c4ccccc34)cc2)cc(-c2ccc(-c3cc4ccccc4c4ccccc34)cc2)c1. The van der Waals surface area contributed by atoms with Gasteiger partial charge in [-0.25, -0.2) is 0 Å². The molecule has 1 nitrogen and oxygen atoms in total. The molecule has 9 aromatic rings. The second kappa shape index (κ2) is 11.3. The monoisotopic (exact) mass is 597 g/mol. The average molecular weight is 598 g/mol. The molecule has 0 aliphatic heterocycles. The molecular formula is C46H31N. The van der Waals surface area contributed by atoms with Gasteiger partial charge in [0.15, 0.2) is 0 Å². The van der Waals surface area contributed by atoms with Crippen molar-refractivity contribution >= 4 is 54.5 Å². The predicted octanol–water partition coefficient (Wildman–Crippen LogP) is 13.0. The third-order valence-corrected chi connectivity index (χ3v) is 9.41. The van der Waals surface area contributed by atoms with Gasteiger partial charge >= 0.3 is 0 Å². The zero-order valence-corrected chi connectivity index (χ0v) is 25.8. The minimum Gasteiger partial charge on any atom is -0.356 e. The van der Waals surface area contributed by atoms with Crippen molar-refractivity contribution in [1.82, 2.24) is 0 Å². The quantitative estimate of drug-likeness (QED) is 0.195. The molecule has 0 aliphatic rings. The fourth-order valence-corrected chi connectivity index (χ4v) is 7.10. The summed E-state index contributed by atoms with van der Waals surface area (Å²) in [4.78, 5) is 0. The molecule has 9 aromatic carbocycles. The summed E-state index contributed by atoms with van der Waals surface area (Å²) >= 11 is 0. The fourth-order valence-electron chi connectivity index (χ4n) is 7.10. The first-order valence-electron chi connectivity index (χ1n) is 16.2. The number of benzene rings is 9. The van der Waals surface area contributed by atoms with E-state index in [0.29, 0.717) is 0 Å². The molecule has 1 heteroatoms. The van der Waals surface area contributed by atoms with Crippen LogP contribution in [0.1, 0.15) is 0 Å². The zero-order chi connectivity index (χ0) is 31.2. The first kappa shape index (κ1) is 27.2. The standard InChI is InChI=1S/C46H31N/c1-3-14-39-35(10-1)29-45(43-18-7-5-16-41(39)43)32-22-20-31(21-23-32)34-12-9-13-38(28-34)47-37-26-24-33(25-27-37)46-30-36-11-2-4-15-40(36)42-17-6-8-19-44(42)46/h1-30,47H. The maximum atomic E-state index is 3.63. The molecule has 0 aliphatic carbocycles. The number of fused-ring (bicyclic) bond motifs is 6. The molecule has 0 amide bonds. The van der Waals surface area contributed by atoms with Crippen molar-refractivity contribution in [1.29, 1.82) is 0 Å². The van der Waals surface area contributed by atoms with Gasteiger partial charge in [0.2, 0.25) is 0 Å². The zero-order valence-electron chi connectivity index (χ0n) is 25.8. The Balaban J connectivity index is 0.994. The van der Waals surface area contributed by atoms with Crippen molar-refractivity contribution in [3.05, 3.63) is 182 Å². The third-order valence-electron chi connectivity index (χ3n) is 9.41. The Morgan fingerprint density at radius 2 is 0.702 bits per heavy atom. The Morgan fingerprint density at radius 3 is 1.26 bits per heavy atom. The minimum atomic E-state index is 1.06. The van der Waals surface area contributed by atoms with Gasteiger partial charge in [-0.3, -0.25) is 0 Å². The lowest BCUT2D eigenvalue weighted by Gasteiger charge is -2.13. The Kier molecular flexibility index (Phi) is 6.54. The van der Waals surface area contributed by atoms with E-state index in [9.17, 15) is 0 Å². The molecule has 1 N–H and O–H groups in total. The van der Waals surface area contributed by atoms with Crippen LogP contribution < -0.4 is 5.32 Å². The molecule has 0 bridgehead atoms. The average Bonchev–Trinajstić information content (AvgIpc) is 3.15. The molecule has 0 heterocycles. The third kappa shape index (κ3) is 4.90. The lowest BCUT2D eigenvalue weighted by molar-refractivity contribution is 1.54. The summed E-state index contributed by atoms with van der Waals surface area (Å²) in [7, 11) is 0. The summed E-state index contributed by atoms with van der Waals surface area (Å²) in [6.45, 7) is 0. The number of nitrogens with one attached hydrogen (secondary N) is 1. The molecule has 47 heavy (non-hydrogen) atoms. The highest BCUT2D eigenvalue weighted by Gasteiger charge is 2.10. The highest BCUT2D eigenvalue weighted by atomic mass is 14.9. The van der Waals surface area contributed by atoms with Crippen molar-refractivity contribution in [3.8, 4) is 33.4 Å². The predicted molar refractivity (Wildman–Crippen MR) is 202 cm³/mol. The maximum Gasteiger partial charge on any atom is 0.0390 e. The topological polar surface area (TPSA) is 12.0 Å². The highest BCUT2D eigenvalue weighted by molar-refractivity contribution is 6.14. The molecule has 0 saturated carbocycles. The van der Waals surface area contributed by atoms with Gasteiger partial charge in [-0.15, -0.1) is 0 Å². The number of hydrogen-bond acceptors (Lipinski definition) is 1. The van der Waals surface area contributed by atoms with Crippen LogP contribution >= 0.6 is 0 Å². The Labute approximate surface area is 274 Å². The van der Waals surface area contributed by atoms with Gasteiger partial charge in [-0.2, -0.15) is 0 Å². The molecular weight excluding hydrogens is 567 g/mol. The van der Waals surface area contributed by atoms with Gasteiger partial charge in [0, 0.05) is 11.4 Å². The maximum absolute atomic E-state index is 3.63. The van der Waals surface area contributed by atoms with Crippen LogP contribution in [0.2, 0.25) is 0 Å². The van der Waals surface area contributed by atoms with Gasteiger partial charge < -0.3 is 5.32 Å². The Bertz CT molecular complexity index is 2580. The molecule has 0 saturated heterocycles. The number of hydrogen-bond donors (Lipinski definition) is 1. The molecule has 220 valence electrons. The van der Waals surface area contributed by atoms with E-state index in [2.05, 4.69) is 187 Å². The summed E-state index contributed by atoms with van der Waals surface area (Å²) in [6, 6.07) is 65.8. The van der Waals surface area contributed by atoms with Crippen LogP contribution in [-0.4, -0.2) is 0 Å². The van der Waals surface area contributed by atoms with Crippen LogP contribution in [0.3, 0.4) is 0 Å². The van der Waals surface area contributed by atoms with Crippen LogP contribution in [0.4, 0.5) is 11.4 Å². The summed E-state index contributed by atoms with van der Waals surface area (Å²) in [5.74, 6) is 0. The van der Waals surface area contributed by atoms with E-state index < -0.39 is 0 Å². The van der Waals surface area contributed by atoms with Crippen LogP contribution in [0, 0.1) is 0 Å². The Morgan fingerprint density at radius 1 is 0.255 bits per heavy atom. The fraction of sp³-hybridized carbons (Fsp3) is 0. The number of rotatable bonds is 5. The first-order valence-corrected chi connectivity index (χ1v) is 16.2. The largest absolute Gasteiger partial charge is 0.356 e. The van der Waals surface area contributed by atoms with E-state index in [-0.39, 0.29) is 0 Å². The van der Waals surface area contributed by atoms with Crippen LogP contribution in [0.5, 0.6) is 0 Å². The van der Waals surface area contributed by atoms with Crippen molar-refractivity contribution in [2.45, 2.75) is 0 Å². The summed E-state index contributed by atoms with van der Waals surface area (Å²) in [5, 5.41) is 13.9. The van der Waals surface area contributed by atoms with Gasteiger partial charge in [-0.1, -0.05) is 146 Å². The molecule has 0 aromatic heterocycles. The lowest BCUT2D eigenvalue weighted by Crippen LogP contribution is -1.91.